The minimum Gasteiger partial charge on any atom is -0.494 e. The standard InChI is InChI=1S/C33H38N4O2/c1-26-24-29(15-16-32(26)37-19-22-38-23-20-37)35-33-34-18-17-31(36-33)28-13-9-14-30(25-28)39-21-8-3-2-5-10-27-11-6-4-7-12-27/h4,6-7,9,11-18,24-25H,2-3,5,8,10,19-23H2,1H3,(H,34,35,36). The number of nitrogens with zero attached hydrogens (tertiary/aromatic N) is 3. The van der Waals surface area contributed by atoms with Crippen LogP contribution in [0.5, 0.6) is 5.75 Å². The van der Waals surface area contributed by atoms with Crippen molar-refractivity contribution in [2.45, 2.75) is 39.0 Å². The van der Waals surface area contributed by atoms with E-state index in [1.807, 2.05) is 18.2 Å². The largest absolute Gasteiger partial charge is 0.494 e. The molecule has 1 aliphatic heterocycles. The number of benzene rings is 3. The lowest BCUT2D eigenvalue weighted by Gasteiger charge is -2.30. The molecule has 0 spiro atoms. The van der Waals surface area contributed by atoms with Gasteiger partial charge in [0.05, 0.1) is 25.5 Å². The van der Waals surface area contributed by atoms with Crippen molar-refractivity contribution in [3.63, 3.8) is 0 Å². The molecule has 0 unspecified atom stereocenters. The van der Waals surface area contributed by atoms with Gasteiger partial charge >= 0.3 is 0 Å². The Balaban J connectivity index is 1.12. The summed E-state index contributed by atoms with van der Waals surface area (Å²) in [7, 11) is 0. The van der Waals surface area contributed by atoms with Gasteiger partial charge in [-0.2, -0.15) is 0 Å². The highest BCUT2D eigenvalue weighted by molar-refractivity contribution is 5.66. The summed E-state index contributed by atoms with van der Waals surface area (Å²) in [5.41, 5.74) is 6.75. The molecule has 0 bridgehead atoms. The number of nitrogens with one attached hydrogen (secondary N) is 1. The van der Waals surface area contributed by atoms with Gasteiger partial charge in [0.15, 0.2) is 0 Å². The summed E-state index contributed by atoms with van der Waals surface area (Å²) < 4.78 is 11.6. The highest BCUT2D eigenvalue weighted by atomic mass is 16.5. The van der Waals surface area contributed by atoms with Crippen molar-refractivity contribution in [3.8, 4) is 17.0 Å². The highest BCUT2D eigenvalue weighted by Crippen LogP contribution is 2.27. The van der Waals surface area contributed by atoms with Crippen molar-refractivity contribution in [3.05, 3.63) is 96.2 Å². The molecule has 0 saturated carbocycles. The molecule has 0 atom stereocenters. The van der Waals surface area contributed by atoms with Crippen LogP contribution in [0, 0.1) is 6.92 Å². The van der Waals surface area contributed by atoms with E-state index in [4.69, 9.17) is 14.5 Å². The first-order valence-electron chi connectivity index (χ1n) is 14.1. The summed E-state index contributed by atoms with van der Waals surface area (Å²) in [4.78, 5) is 11.6. The predicted octanol–water partition coefficient (Wildman–Crippen LogP) is 7.21. The van der Waals surface area contributed by atoms with Crippen LogP contribution in [0.25, 0.3) is 11.3 Å². The molecule has 1 N–H and O–H groups in total. The molecule has 2 heterocycles. The van der Waals surface area contributed by atoms with Crippen LogP contribution in [0.4, 0.5) is 17.3 Å². The molecule has 39 heavy (non-hydrogen) atoms. The van der Waals surface area contributed by atoms with Gasteiger partial charge < -0.3 is 19.7 Å². The number of anilines is 3. The van der Waals surface area contributed by atoms with Crippen molar-refractivity contribution < 1.29 is 9.47 Å². The molecule has 6 heteroatoms. The van der Waals surface area contributed by atoms with Crippen molar-refractivity contribution in [2.75, 3.05) is 43.1 Å². The lowest BCUT2D eigenvalue weighted by atomic mass is 10.1. The topological polar surface area (TPSA) is 59.5 Å². The summed E-state index contributed by atoms with van der Waals surface area (Å²) in [6.07, 6.45) is 7.64. The molecule has 1 saturated heterocycles. The Bertz CT molecular complexity index is 1320. The zero-order valence-electron chi connectivity index (χ0n) is 22.8. The fourth-order valence-electron chi connectivity index (χ4n) is 4.97. The summed E-state index contributed by atoms with van der Waals surface area (Å²) in [5.74, 6) is 1.45. The molecular weight excluding hydrogens is 484 g/mol. The Labute approximate surface area is 232 Å². The van der Waals surface area contributed by atoms with Crippen molar-refractivity contribution in [1.82, 2.24) is 9.97 Å². The van der Waals surface area contributed by atoms with Gasteiger partial charge in [-0.05, 0) is 73.7 Å². The number of aryl methyl sites for hydroxylation is 2. The third-order valence-electron chi connectivity index (χ3n) is 7.06. The Morgan fingerprint density at radius 2 is 1.72 bits per heavy atom. The fourth-order valence-corrected chi connectivity index (χ4v) is 4.97. The zero-order chi connectivity index (χ0) is 26.7. The van der Waals surface area contributed by atoms with E-state index in [0.29, 0.717) is 5.95 Å². The number of rotatable bonds is 12. The lowest BCUT2D eigenvalue weighted by molar-refractivity contribution is 0.122. The first-order chi connectivity index (χ1) is 19.2. The molecule has 0 amide bonds. The molecule has 3 aromatic carbocycles. The lowest BCUT2D eigenvalue weighted by Crippen LogP contribution is -2.36. The van der Waals surface area contributed by atoms with Crippen molar-refractivity contribution in [2.24, 2.45) is 0 Å². The van der Waals surface area contributed by atoms with Gasteiger partial charge in [-0.15, -0.1) is 0 Å². The smallest absolute Gasteiger partial charge is 0.227 e. The van der Waals surface area contributed by atoms with E-state index in [1.165, 1.54) is 36.1 Å². The fraction of sp³-hybridized carbons (Fsp3) is 0.333. The average molecular weight is 523 g/mol. The molecule has 0 radical (unpaired) electrons. The second-order valence-corrected chi connectivity index (χ2v) is 10.0. The van der Waals surface area contributed by atoms with Gasteiger partial charge in [0.2, 0.25) is 5.95 Å². The normalized spacial score (nSPS) is 13.3. The Hall–Kier alpha value is -3.90. The van der Waals surface area contributed by atoms with Crippen LogP contribution in [0.15, 0.2) is 85.1 Å². The number of unbranched alkanes of at least 4 members (excludes halogenated alkanes) is 3. The first kappa shape index (κ1) is 26.7. The van der Waals surface area contributed by atoms with Crippen molar-refractivity contribution >= 4 is 17.3 Å². The molecular formula is C33H38N4O2. The predicted molar refractivity (Wildman–Crippen MR) is 159 cm³/mol. The van der Waals surface area contributed by atoms with E-state index in [9.17, 15) is 0 Å². The second kappa shape index (κ2) is 13.8. The molecule has 1 fully saturated rings. The molecule has 4 aromatic rings. The van der Waals surface area contributed by atoms with E-state index in [1.54, 1.807) is 6.20 Å². The number of morpholine rings is 1. The number of hydrogen-bond acceptors (Lipinski definition) is 6. The van der Waals surface area contributed by atoms with Gasteiger partial charge in [0, 0.05) is 36.2 Å². The molecule has 1 aromatic heterocycles. The van der Waals surface area contributed by atoms with Crippen LogP contribution in [-0.4, -0.2) is 42.9 Å². The van der Waals surface area contributed by atoms with E-state index < -0.39 is 0 Å². The van der Waals surface area contributed by atoms with Gasteiger partial charge in [0.1, 0.15) is 5.75 Å². The van der Waals surface area contributed by atoms with Crippen LogP contribution >= 0.6 is 0 Å². The minimum atomic E-state index is 0.577. The SMILES string of the molecule is Cc1cc(Nc2nccc(-c3cccc(OCCCCCCc4ccccc4)c3)n2)ccc1N1CCOCC1. The van der Waals surface area contributed by atoms with E-state index in [2.05, 4.69) is 82.8 Å². The van der Waals surface area contributed by atoms with Crippen LogP contribution in [0.2, 0.25) is 0 Å². The maximum absolute atomic E-state index is 6.06. The quantitative estimate of drug-likeness (QED) is 0.198. The monoisotopic (exact) mass is 522 g/mol. The van der Waals surface area contributed by atoms with Crippen LogP contribution in [-0.2, 0) is 11.2 Å². The first-order valence-corrected chi connectivity index (χ1v) is 14.1. The molecule has 1 aliphatic rings. The summed E-state index contributed by atoms with van der Waals surface area (Å²) in [6.45, 7) is 6.28. The third kappa shape index (κ3) is 7.80. The molecule has 202 valence electrons. The number of hydrogen-bond donors (Lipinski definition) is 1. The minimum absolute atomic E-state index is 0.577. The van der Waals surface area contributed by atoms with Crippen LogP contribution in [0.3, 0.4) is 0 Å². The van der Waals surface area contributed by atoms with E-state index >= 15 is 0 Å². The van der Waals surface area contributed by atoms with Crippen LogP contribution < -0.4 is 15.0 Å². The van der Waals surface area contributed by atoms with Gasteiger partial charge in [0.25, 0.3) is 0 Å². The van der Waals surface area contributed by atoms with E-state index in [0.717, 1.165) is 68.4 Å². The maximum atomic E-state index is 6.06. The van der Waals surface area contributed by atoms with Crippen LogP contribution in [0.1, 0.15) is 36.8 Å². The second-order valence-electron chi connectivity index (χ2n) is 10.0. The Kier molecular flexibility index (Phi) is 9.42. The zero-order valence-corrected chi connectivity index (χ0v) is 22.8. The molecule has 6 nitrogen and oxygen atoms in total. The van der Waals surface area contributed by atoms with Crippen molar-refractivity contribution in [1.29, 1.82) is 0 Å². The summed E-state index contributed by atoms with van der Waals surface area (Å²) in [5, 5.41) is 3.37. The number of ether oxygens (including phenoxy) is 2. The van der Waals surface area contributed by atoms with Gasteiger partial charge in [-0.1, -0.05) is 55.3 Å². The van der Waals surface area contributed by atoms with Gasteiger partial charge in [-0.25, -0.2) is 9.97 Å². The third-order valence-corrected chi connectivity index (χ3v) is 7.06. The summed E-state index contributed by atoms with van der Waals surface area (Å²) >= 11 is 0. The Morgan fingerprint density at radius 3 is 2.56 bits per heavy atom. The van der Waals surface area contributed by atoms with Gasteiger partial charge in [-0.3, -0.25) is 0 Å². The van der Waals surface area contributed by atoms with E-state index in [-0.39, 0.29) is 0 Å². The number of aromatic nitrogens is 2. The maximum Gasteiger partial charge on any atom is 0.227 e. The average Bonchev–Trinajstić information content (AvgIpc) is 2.98. The summed E-state index contributed by atoms with van der Waals surface area (Å²) in [6, 6.07) is 27.2. The molecule has 0 aliphatic carbocycles. The highest BCUT2D eigenvalue weighted by Gasteiger charge is 2.14. The molecule has 5 rings (SSSR count). The Morgan fingerprint density at radius 1 is 0.872 bits per heavy atom.